The van der Waals surface area contributed by atoms with E-state index >= 15 is 0 Å². The van der Waals surface area contributed by atoms with Crippen LogP contribution >= 0.6 is 27.5 Å². The molecule has 5 nitrogen and oxygen atoms in total. The highest BCUT2D eigenvalue weighted by molar-refractivity contribution is 9.10. The molecular formula is C10H8BrClN4O. The summed E-state index contributed by atoms with van der Waals surface area (Å²) < 4.78 is 2.10. The van der Waals surface area contributed by atoms with Crippen LogP contribution in [-0.4, -0.2) is 20.9 Å². The molecule has 0 aliphatic heterocycles. The Balaban J connectivity index is 2.06. The summed E-state index contributed by atoms with van der Waals surface area (Å²) in [5, 5.41) is 10.6. The molecule has 0 spiro atoms. The molecule has 7 heteroatoms. The van der Waals surface area contributed by atoms with E-state index in [-0.39, 0.29) is 12.5 Å². The third kappa shape index (κ3) is 3.04. The van der Waals surface area contributed by atoms with Crippen LogP contribution in [0.1, 0.15) is 0 Å². The lowest BCUT2D eigenvalue weighted by molar-refractivity contribution is -0.116. The van der Waals surface area contributed by atoms with Crippen molar-refractivity contribution in [2.45, 2.75) is 6.54 Å². The number of carbonyl (C=O) groups is 1. The minimum absolute atomic E-state index is 0.110. The Morgan fingerprint density at radius 3 is 3.06 bits per heavy atom. The molecule has 88 valence electrons. The van der Waals surface area contributed by atoms with Gasteiger partial charge in [0.2, 0.25) is 5.91 Å². The normalized spacial score (nSPS) is 10.2. The second kappa shape index (κ2) is 5.29. The zero-order valence-corrected chi connectivity index (χ0v) is 10.9. The molecule has 0 fully saturated rings. The first-order valence-electron chi connectivity index (χ1n) is 4.75. The summed E-state index contributed by atoms with van der Waals surface area (Å²) >= 11 is 9.22. The van der Waals surface area contributed by atoms with E-state index in [9.17, 15) is 4.79 Å². The number of benzene rings is 1. The summed E-state index contributed by atoms with van der Waals surface area (Å²) in [6.45, 7) is 0.110. The van der Waals surface area contributed by atoms with E-state index < -0.39 is 0 Å². The lowest BCUT2D eigenvalue weighted by atomic mass is 10.3. The van der Waals surface area contributed by atoms with Crippen LogP contribution in [0, 0.1) is 0 Å². The van der Waals surface area contributed by atoms with Crippen molar-refractivity contribution >= 4 is 39.1 Å². The largest absolute Gasteiger partial charge is 0.323 e. The third-order valence-electron chi connectivity index (χ3n) is 2.00. The van der Waals surface area contributed by atoms with Crippen LogP contribution in [0.25, 0.3) is 0 Å². The van der Waals surface area contributed by atoms with Gasteiger partial charge in [0, 0.05) is 6.20 Å². The number of nitrogens with zero attached hydrogens (tertiary/aromatic N) is 3. The van der Waals surface area contributed by atoms with E-state index in [1.807, 2.05) is 0 Å². The first kappa shape index (κ1) is 12.1. The van der Waals surface area contributed by atoms with Crippen molar-refractivity contribution in [1.29, 1.82) is 0 Å². The first-order chi connectivity index (χ1) is 8.16. The van der Waals surface area contributed by atoms with Gasteiger partial charge in [-0.15, -0.1) is 5.10 Å². The van der Waals surface area contributed by atoms with Crippen molar-refractivity contribution in [2.75, 3.05) is 5.32 Å². The minimum Gasteiger partial charge on any atom is -0.323 e. The summed E-state index contributed by atoms with van der Waals surface area (Å²) in [4.78, 5) is 11.7. The maximum Gasteiger partial charge on any atom is 0.246 e. The van der Waals surface area contributed by atoms with Crippen LogP contribution in [0.3, 0.4) is 0 Å². The number of rotatable bonds is 3. The van der Waals surface area contributed by atoms with Crippen LogP contribution in [0.5, 0.6) is 0 Å². The topological polar surface area (TPSA) is 59.8 Å². The van der Waals surface area contributed by atoms with E-state index in [1.54, 1.807) is 24.4 Å². The Labute approximate surface area is 111 Å². The number of hydrogen-bond donors (Lipinski definition) is 1. The van der Waals surface area contributed by atoms with Gasteiger partial charge in [0.25, 0.3) is 0 Å². The quantitative estimate of drug-likeness (QED) is 0.945. The minimum atomic E-state index is -0.196. The molecule has 0 unspecified atom stereocenters. The summed E-state index contributed by atoms with van der Waals surface area (Å²) in [6, 6.07) is 5.26. The van der Waals surface area contributed by atoms with Crippen molar-refractivity contribution < 1.29 is 4.79 Å². The smallest absolute Gasteiger partial charge is 0.246 e. The van der Waals surface area contributed by atoms with Gasteiger partial charge in [0.1, 0.15) is 6.54 Å². The van der Waals surface area contributed by atoms with Crippen molar-refractivity contribution in [1.82, 2.24) is 15.0 Å². The van der Waals surface area contributed by atoms with Crippen molar-refractivity contribution in [2.24, 2.45) is 0 Å². The van der Waals surface area contributed by atoms with Gasteiger partial charge >= 0.3 is 0 Å². The van der Waals surface area contributed by atoms with Gasteiger partial charge in [-0.05, 0) is 28.1 Å². The molecule has 0 aliphatic carbocycles. The van der Waals surface area contributed by atoms with E-state index in [4.69, 9.17) is 11.6 Å². The summed E-state index contributed by atoms with van der Waals surface area (Å²) in [7, 11) is 0. The molecule has 0 aliphatic rings. The highest BCUT2D eigenvalue weighted by atomic mass is 79.9. The van der Waals surface area contributed by atoms with Gasteiger partial charge in [-0.3, -0.25) is 4.79 Å². The number of hydrogen-bond acceptors (Lipinski definition) is 3. The van der Waals surface area contributed by atoms with Gasteiger partial charge in [-0.25, -0.2) is 4.68 Å². The fourth-order valence-electron chi connectivity index (χ4n) is 1.25. The summed E-state index contributed by atoms with van der Waals surface area (Å²) in [5.74, 6) is -0.196. The molecule has 0 saturated carbocycles. The van der Waals surface area contributed by atoms with Gasteiger partial charge in [-0.2, -0.15) is 0 Å². The van der Waals surface area contributed by atoms with Crippen LogP contribution in [0.4, 0.5) is 5.69 Å². The van der Waals surface area contributed by atoms with E-state index in [0.717, 1.165) is 0 Å². The average molecular weight is 316 g/mol. The van der Waals surface area contributed by atoms with Gasteiger partial charge in [0.05, 0.1) is 21.4 Å². The Morgan fingerprint density at radius 1 is 1.53 bits per heavy atom. The number of aromatic nitrogens is 3. The fourth-order valence-corrected chi connectivity index (χ4v) is 1.79. The van der Waals surface area contributed by atoms with Crippen molar-refractivity contribution in [3.63, 3.8) is 0 Å². The predicted octanol–water partition coefficient (Wildman–Crippen LogP) is 2.33. The molecule has 0 atom stereocenters. The SMILES string of the molecule is O=C(Cn1ccnn1)Nc1cccc(Cl)c1Br. The lowest BCUT2D eigenvalue weighted by Crippen LogP contribution is -2.19. The Hall–Kier alpha value is -1.40. The molecule has 1 N–H and O–H groups in total. The zero-order valence-electron chi connectivity index (χ0n) is 8.60. The highest BCUT2D eigenvalue weighted by Crippen LogP contribution is 2.29. The number of carbonyl (C=O) groups excluding carboxylic acids is 1. The Kier molecular flexibility index (Phi) is 3.75. The van der Waals surface area contributed by atoms with E-state index in [1.165, 1.54) is 10.9 Å². The number of anilines is 1. The van der Waals surface area contributed by atoms with Gasteiger partial charge < -0.3 is 5.32 Å². The molecule has 0 radical (unpaired) electrons. The average Bonchev–Trinajstić information content (AvgIpc) is 2.77. The second-order valence-corrected chi connectivity index (χ2v) is 4.45. The molecule has 2 rings (SSSR count). The molecule has 1 aromatic carbocycles. The summed E-state index contributed by atoms with van der Waals surface area (Å²) in [5.41, 5.74) is 0.627. The van der Waals surface area contributed by atoms with Gasteiger partial charge in [0.15, 0.2) is 0 Å². The van der Waals surface area contributed by atoms with E-state index in [2.05, 4.69) is 31.6 Å². The molecule has 1 heterocycles. The third-order valence-corrected chi connectivity index (χ3v) is 3.40. The van der Waals surface area contributed by atoms with Crippen LogP contribution in [0.15, 0.2) is 35.1 Å². The number of halogens is 2. The molecular weight excluding hydrogens is 307 g/mol. The maximum atomic E-state index is 11.7. The summed E-state index contributed by atoms with van der Waals surface area (Å²) in [6.07, 6.45) is 3.13. The lowest BCUT2D eigenvalue weighted by Gasteiger charge is -2.07. The number of nitrogens with one attached hydrogen (secondary N) is 1. The molecule has 0 saturated heterocycles. The molecule has 2 aromatic rings. The monoisotopic (exact) mass is 314 g/mol. The molecule has 17 heavy (non-hydrogen) atoms. The zero-order chi connectivity index (χ0) is 12.3. The Morgan fingerprint density at radius 2 is 2.35 bits per heavy atom. The second-order valence-electron chi connectivity index (χ2n) is 3.25. The molecule has 1 amide bonds. The van der Waals surface area contributed by atoms with Crippen LogP contribution in [-0.2, 0) is 11.3 Å². The number of amides is 1. The molecule has 1 aromatic heterocycles. The first-order valence-corrected chi connectivity index (χ1v) is 5.92. The van der Waals surface area contributed by atoms with E-state index in [0.29, 0.717) is 15.2 Å². The van der Waals surface area contributed by atoms with Crippen LogP contribution < -0.4 is 5.32 Å². The van der Waals surface area contributed by atoms with Crippen molar-refractivity contribution in [3.8, 4) is 0 Å². The highest BCUT2D eigenvalue weighted by Gasteiger charge is 2.08. The van der Waals surface area contributed by atoms with Crippen LogP contribution in [0.2, 0.25) is 5.02 Å². The fraction of sp³-hybridized carbons (Fsp3) is 0.100. The Bertz CT molecular complexity index is 529. The standard InChI is InChI=1S/C10H8BrClN4O/c11-10-7(12)2-1-3-8(10)14-9(17)6-16-5-4-13-15-16/h1-5H,6H2,(H,14,17). The molecule has 0 bridgehead atoms. The van der Waals surface area contributed by atoms with Crippen molar-refractivity contribution in [3.05, 3.63) is 40.1 Å². The predicted molar refractivity (Wildman–Crippen MR) is 67.8 cm³/mol. The van der Waals surface area contributed by atoms with Gasteiger partial charge in [-0.1, -0.05) is 22.9 Å². The maximum absolute atomic E-state index is 11.7.